The third-order valence-corrected chi connectivity index (χ3v) is 6.56. The molecular weight excluding hydrogens is 266 g/mol. The van der Waals surface area contributed by atoms with Crippen molar-refractivity contribution in [3.8, 4) is 0 Å². The lowest BCUT2D eigenvalue weighted by molar-refractivity contribution is -0.886. The van der Waals surface area contributed by atoms with E-state index in [0.29, 0.717) is 5.41 Å². The SMILES string of the molecule is CCCCCCCCC[N+](C)(C)CC1=CC[C@@H]2C[C@H]1C2(C)C. The first-order chi connectivity index (χ1) is 10.4. The summed E-state index contributed by atoms with van der Waals surface area (Å²) in [7, 11) is 4.88. The maximum Gasteiger partial charge on any atom is 0.100 e. The van der Waals surface area contributed by atoms with Crippen molar-refractivity contribution in [1.29, 1.82) is 0 Å². The molecule has 3 aliphatic carbocycles. The van der Waals surface area contributed by atoms with Gasteiger partial charge in [-0.25, -0.2) is 0 Å². The number of likely N-dealkylation sites (N-methyl/N-ethyl adjacent to an activating group) is 1. The molecule has 0 saturated heterocycles. The van der Waals surface area contributed by atoms with E-state index in [-0.39, 0.29) is 0 Å². The highest BCUT2D eigenvalue weighted by atomic mass is 15.3. The van der Waals surface area contributed by atoms with E-state index in [1.807, 2.05) is 0 Å². The first kappa shape index (κ1) is 18.0. The monoisotopic (exact) mass is 306 g/mol. The highest BCUT2D eigenvalue weighted by Crippen LogP contribution is 2.59. The van der Waals surface area contributed by atoms with Crippen LogP contribution in [-0.2, 0) is 0 Å². The molecule has 0 unspecified atom stereocenters. The Hall–Kier alpha value is -0.300. The second kappa shape index (κ2) is 7.51. The third-order valence-electron chi connectivity index (χ3n) is 6.56. The number of hydrogen-bond donors (Lipinski definition) is 0. The Kier molecular flexibility index (Phi) is 6.16. The number of quaternary nitrogens is 1. The molecule has 1 nitrogen and oxygen atoms in total. The van der Waals surface area contributed by atoms with Crippen LogP contribution in [0.25, 0.3) is 0 Å². The highest BCUT2D eigenvalue weighted by Gasteiger charge is 2.51. The molecule has 1 heteroatoms. The molecule has 3 aliphatic rings. The van der Waals surface area contributed by atoms with Crippen LogP contribution in [0.3, 0.4) is 0 Å². The van der Waals surface area contributed by atoms with Crippen molar-refractivity contribution in [3.05, 3.63) is 11.6 Å². The molecule has 2 bridgehead atoms. The number of hydrogen-bond acceptors (Lipinski definition) is 0. The number of unbranched alkanes of at least 4 members (excludes halogenated alkanes) is 6. The fourth-order valence-corrected chi connectivity index (χ4v) is 4.73. The second-order valence-corrected chi connectivity index (χ2v) is 9.26. The van der Waals surface area contributed by atoms with Crippen LogP contribution in [0.4, 0.5) is 0 Å². The van der Waals surface area contributed by atoms with Gasteiger partial charge in [0.15, 0.2) is 0 Å². The fourth-order valence-electron chi connectivity index (χ4n) is 4.73. The van der Waals surface area contributed by atoms with E-state index < -0.39 is 0 Å². The molecule has 0 aromatic carbocycles. The van der Waals surface area contributed by atoms with Gasteiger partial charge in [0.05, 0.1) is 20.6 Å². The van der Waals surface area contributed by atoms with Crippen molar-refractivity contribution in [2.24, 2.45) is 17.3 Å². The second-order valence-electron chi connectivity index (χ2n) is 9.26. The van der Waals surface area contributed by atoms with Crippen molar-refractivity contribution in [1.82, 2.24) is 0 Å². The van der Waals surface area contributed by atoms with Gasteiger partial charge in [-0.05, 0) is 48.5 Å². The van der Waals surface area contributed by atoms with Crippen LogP contribution >= 0.6 is 0 Å². The molecule has 0 aliphatic heterocycles. The first-order valence-electron chi connectivity index (χ1n) is 9.88. The predicted octanol–water partition coefficient (Wildman–Crippen LogP) is 5.81. The van der Waals surface area contributed by atoms with Crippen molar-refractivity contribution in [2.75, 3.05) is 27.2 Å². The number of rotatable bonds is 10. The topological polar surface area (TPSA) is 0 Å². The summed E-state index contributed by atoms with van der Waals surface area (Å²) in [5.41, 5.74) is 2.36. The Morgan fingerprint density at radius 2 is 1.68 bits per heavy atom. The van der Waals surface area contributed by atoms with E-state index >= 15 is 0 Å². The number of nitrogens with zero attached hydrogens (tertiary/aromatic N) is 1. The van der Waals surface area contributed by atoms with Crippen LogP contribution in [0.15, 0.2) is 11.6 Å². The molecule has 0 aromatic rings. The minimum absolute atomic E-state index is 0.587. The van der Waals surface area contributed by atoms with Crippen LogP contribution < -0.4 is 0 Å². The zero-order valence-corrected chi connectivity index (χ0v) is 16.0. The van der Waals surface area contributed by atoms with E-state index in [4.69, 9.17) is 0 Å². The van der Waals surface area contributed by atoms with Crippen LogP contribution in [0.1, 0.15) is 78.6 Å². The van der Waals surface area contributed by atoms with Gasteiger partial charge in [0, 0.05) is 0 Å². The van der Waals surface area contributed by atoms with Crippen LogP contribution in [-0.4, -0.2) is 31.7 Å². The summed E-state index contributed by atoms with van der Waals surface area (Å²) in [6, 6.07) is 0. The molecule has 0 heterocycles. The van der Waals surface area contributed by atoms with Gasteiger partial charge in [0.1, 0.15) is 6.54 Å². The zero-order valence-electron chi connectivity index (χ0n) is 16.0. The zero-order chi connectivity index (χ0) is 16.2. The van der Waals surface area contributed by atoms with Crippen molar-refractivity contribution in [3.63, 3.8) is 0 Å². The van der Waals surface area contributed by atoms with Gasteiger partial charge in [0.25, 0.3) is 0 Å². The van der Waals surface area contributed by atoms with E-state index in [2.05, 4.69) is 40.9 Å². The molecule has 1 fully saturated rings. The molecule has 0 N–H and O–H groups in total. The summed E-state index contributed by atoms with van der Waals surface area (Å²) < 4.78 is 1.19. The van der Waals surface area contributed by atoms with Crippen LogP contribution in [0.2, 0.25) is 0 Å². The Balaban J connectivity index is 1.67. The van der Waals surface area contributed by atoms with E-state index in [0.717, 1.165) is 11.8 Å². The molecule has 0 spiro atoms. The lowest BCUT2D eigenvalue weighted by Crippen LogP contribution is -2.52. The molecule has 0 aromatic heterocycles. The Morgan fingerprint density at radius 3 is 2.27 bits per heavy atom. The van der Waals surface area contributed by atoms with E-state index in [1.165, 1.54) is 75.4 Å². The minimum Gasteiger partial charge on any atom is -0.325 e. The van der Waals surface area contributed by atoms with E-state index in [1.54, 1.807) is 5.57 Å². The summed E-state index contributed by atoms with van der Waals surface area (Å²) in [6.45, 7) is 9.92. The molecule has 0 radical (unpaired) electrons. The Morgan fingerprint density at radius 1 is 1.05 bits per heavy atom. The van der Waals surface area contributed by atoms with E-state index in [9.17, 15) is 0 Å². The molecular formula is C21H40N+. The summed E-state index contributed by atoms with van der Waals surface area (Å²) in [5.74, 6) is 1.86. The van der Waals surface area contributed by atoms with Gasteiger partial charge >= 0.3 is 0 Å². The van der Waals surface area contributed by atoms with Crippen molar-refractivity contribution >= 4 is 0 Å². The Labute approximate surface area is 139 Å². The summed E-state index contributed by atoms with van der Waals surface area (Å²) in [5, 5.41) is 0. The van der Waals surface area contributed by atoms with Gasteiger partial charge in [-0.3, -0.25) is 0 Å². The summed E-state index contributed by atoms with van der Waals surface area (Å²) in [4.78, 5) is 0. The first-order valence-corrected chi connectivity index (χ1v) is 9.88. The van der Waals surface area contributed by atoms with Gasteiger partial charge in [-0.1, -0.05) is 59.0 Å². The number of allylic oxidation sites excluding steroid dienone is 1. The smallest absolute Gasteiger partial charge is 0.100 e. The molecule has 2 atom stereocenters. The summed E-state index contributed by atoms with van der Waals surface area (Å²) >= 11 is 0. The van der Waals surface area contributed by atoms with Crippen molar-refractivity contribution < 1.29 is 4.48 Å². The maximum absolute atomic E-state index is 2.59. The van der Waals surface area contributed by atoms with Crippen LogP contribution in [0, 0.1) is 17.3 Å². The summed E-state index contributed by atoms with van der Waals surface area (Å²) in [6.07, 6.45) is 15.4. The van der Waals surface area contributed by atoms with Gasteiger partial charge in [0.2, 0.25) is 0 Å². The average Bonchev–Trinajstić information content (AvgIpc) is 2.45. The fraction of sp³-hybridized carbons (Fsp3) is 0.905. The number of fused-ring (bicyclic) bond motifs is 1. The van der Waals surface area contributed by atoms with Crippen LogP contribution in [0.5, 0.6) is 0 Å². The molecule has 128 valence electrons. The average molecular weight is 307 g/mol. The predicted molar refractivity (Wildman–Crippen MR) is 97.9 cm³/mol. The standard InChI is InChI=1S/C21H40N/c1-6-7-8-9-10-11-12-15-22(4,5)17-18-13-14-19-16-20(18)21(19,2)3/h13,19-20H,6-12,14-17H2,1-5H3/q+1/t19-,20-/m1/s1. The minimum atomic E-state index is 0.587. The lowest BCUT2D eigenvalue weighted by atomic mass is 9.49. The normalized spacial score (nSPS) is 26.5. The largest absolute Gasteiger partial charge is 0.325 e. The highest BCUT2D eigenvalue weighted by molar-refractivity contribution is 5.23. The third kappa shape index (κ3) is 4.37. The molecule has 3 rings (SSSR count). The molecule has 1 saturated carbocycles. The van der Waals surface area contributed by atoms with Crippen molar-refractivity contribution in [2.45, 2.75) is 78.6 Å². The molecule has 22 heavy (non-hydrogen) atoms. The quantitative estimate of drug-likeness (QED) is 0.271. The van der Waals surface area contributed by atoms with Gasteiger partial charge < -0.3 is 4.48 Å². The molecule has 0 amide bonds. The van der Waals surface area contributed by atoms with Gasteiger partial charge in [-0.2, -0.15) is 0 Å². The van der Waals surface area contributed by atoms with Gasteiger partial charge in [-0.15, -0.1) is 0 Å². The maximum atomic E-state index is 2.59. The Bertz CT molecular complexity index is 377. The lowest BCUT2D eigenvalue weighted by Gasteiger charge is -2.57.